The molecule has 1 saturated carbocycles. The summed E-state index contributed by atoms with van der Waals surface area (Å²) in [5, 5.41) is 15.3. The minimum Gasteiger partial charge on any atom is -0.386 e. The molecular weight excluding hydrogens is 336 g/mol. The smallest absolute Gasteiger partial charge is 0.228 e. The topological polar surface area (TPSA) is 62.2 Å². The molecule has 0 spiro atoms. The van der Waals surface area contributed by atoms with Crippen molar-refractivity contribution in [2.75, 3.05) is 5.32 Å². The molecule has 1 amide bonds. The predicted molar refractivity (Wildman–Crippen MR) is 109 cm³/mol. The van der Waals surface area contributed by atoms with E-state index in [1.165, 1.54) is 0 Å². The lowest BCUT2D eigenvalue weighted by Crippen LogP contribution is -2.15. The molecule has 3 aromatic rings. The fourth-order valence-electron chi connectivity index (χ4n) is 3.26. The van der Waals surface area contributed by atoms with Gasteiger partial charge in [-0.25, -0.2) is 4.98 Å². The average molecular weight is 360 g/mol. The predicted octanol–water partition coefficient (Wildman–Crippen LogP) is 4.79. The number of nitrogens with zero attached hydrogens (tertiary/aromatic N) is 1. The molecular formula is C23H24N2O2. The molecule has 0 saturated heterocycles. The maximum Gasteiger partial charge on any atom is 0.228 e. The van der Waals surface area contributed by atoms with E-state index < -0.39 is 5.60 Å². The lowest BCUT2D eigenvalue weighted by atomic mass is 9.91. The molecule has 2 N–H and O–H groups in total. The molecule has 4 nitrogen and oxygen atoms in total. The van der Waals surface area contributed by atoms with E-state index in [9.17, 15) is 9.90 Å². The van der Waals surface area contributed by atoms with E-state index in [2.05, 4.69) is 35.4 Å². The van der Waals surface area contributed by atoms with Crippen molar-refractivity contribution in [3.8, 4) is 11.1 Å². The van der Waals surface area contributed by atoms with E-state index in [0.717, 1.165) is 45.9 Å². The third-order valence-corrected chi connectivity index (χ3v) is 5.18. The first-order valence-electron chi connectivity index (χ1n) is 9.36. The Balaban J connectivity index is 1.68. The highest BCUT2D eigenvalue weighted by atomic mass is 16.3. The number of aryl methyl sites for hydroxylation is 1. The van der Waals surface area contributed by atoms with Crippen LogP contribution in [0, 0.1) is 12.8 Å². The lowest BCUT2D eigenvalue weighted by molar-refractivity contribution is -0.117. The Morgan fingerprint density at radius 3 is 2.59 bits per heavy atom. The molecule has 1 heterocycles. The van der Waals surface area contributed by atoms with Crippen LogP contribution in [0.5, 0.6) is 0 Å². The minimum absolute atomic E-state index is 0.0672. The van der Waals surface area contributed by atoms with Crippen LogP contribution in [-0.4, -0.2) is 16.0 Å². The number of amides is 1. The highest BCUT2D eigenvalue weighted by Gasteiger charge is 2.29. The first-order valence-corrected chi connectivity index (χ1v) is 9.36. The van der Waals surface area contributed by atoms with Gasteiger partial charge in [-0.2, -0.15) is 0 Å². The Kier molecular flexibility index (Phi) is 4.23. The number of hydrogen-bond acceptors (Lipinski definition) is 3. The number of aliphatic hydroxyl groups is 1. The second-order valence-corrected chi connectivity index (χ2v) is 7.98. The summed E-state index contributed by atoms with van der Waals surface area (Å²) in [6.45, 7) is 5.66. The largest absolute Gasteiger partial charge is 0.386 e. The highest BCUT2D eigenvalue weighted by Crippen LogP contribution is 2.32. The maximum absolute atomic E-state index is 11.9. The average Bonchev–Trinajstić information content (AvgIpc) is 3.46. The van der Waals surface area contributed by atoms with Crippen molar-refractivity contribution in [2.45, 2.75) is 39.2 Å². The second kappa shape index (κ2) is 6.46. The Morgan fingerprint density at radius 1 is 1.11 bits per heavy atom. The van der Waals surface area contributed by atoms with E-state index in [-0.39, 0.29) is 11.8 Å². The van der Waals surface area contributed by atoms with Crippen LogP contribution in [0.3, 0.4) is 0 Å². The van der Waals surface area contributed by atoms with Gasteiger partial charge >= 0.3 is 0 Å². The molecule has 0 aliphatic heterocycles. The lowest BCUT2D eigenvalue weighted by Gasteiger charge is -2.20. The van der Waals surface area contributed by atoms with Crippen LogP contribution < -0.4 is 5.32 Å². The summed E-state index contributed by atoms with van der Waals surface area (Å²) in [5.74, 6) is 0.834. The van der Waals surface area contributed by atoms with Crippen LogP contribution in [0.25, 0.3) is 21.9 Å². The summed E-state index contributed by atoms with van der Waals surface area (Å²) in [5.41, 5.74) is 3.35. The number of hydrogen-bond donors (Lipinski definition) is 2. The van der Waals surface area contributed by atoms with Crippen molar-refractivity contribution in [3.63, 3.8) is 0 Å². The van der Waals surface area contributed by atoms with Gasteiger partial charge in [0.25, 0.3) is 0 Å². The Bertz CT molecular complexity index is 1030. The zero-order valence-corrected chi connectivity index (χ0v) is 15.9. The fourth-order valence-corrected chi connectivity index (χ4v) is 3.26. The van der Waals surface area contributed by atoms with Crippen LogP contribution >= 0.6 is 0 Å². The number of rotatable bonds is 4. The maximum atomic E-state index is 11.9. The van der Waals surface area contributed by atoms with Crippen molar-refractivity contribution in [2.24, 2.45) is 5.92 Å². The van der Waals surface area contributed by atoms with Gasteiger partial charge in [-0.1, -0.05) is 24.3 Å². The molecule has 0 unspecified atom stereocenters. The Labute approximate surface area is 159 Å². The van der Waals surface area contributed by atoms with Crippen LogP contribution in [0.1, 0.15) is 37.8 Å². The van der Waals surface area contributed by atoms with Gasteiger partial charge < -0.3 is 10.4 Å². The summed E-state index contributed by atoms with van der Waals surface area (Å²) in [4.78, 5) is 16.3. The Morgan fingerprint density at radius 2 is 1.89 bits per heavy atom. The summed E-state index contributed by atoms with van der Waals surface area (Å²) in [6.07, 6.45) is 3.76. The highest BCUT2D eigenvalue weighted by molar-refractivity contribution is 5.96. The van der Waals surface area contributed by atoms with Gasteiger partial charge in [-0.3, -0.25) is 4.79 Å². The second-order valence-electron chi connectivity index (χ2n) is 7.98. The number of pyridine rings is 1. The molecule has 0 radical (unpaired) electrons. The van der Waals surface area contributed by atoms with Gasteiger partial charge in [0.1, 0.15) is 5.82 Å². The summed E-state index contributed by atoms with van der Waals surface area (Å²) >= 11 is 0. The van der Waals surface area contributed by atoms with Crippen LogP contribution in [0.15, 0.2) is 48.7 Å². The first kappa shape index (κ1) is 17.7. The molecule has 4 heteroatoms. The SMILES string of the molecule is Cc1ccc(C(C)(C)O)cc1-c1ccc2cc(NC(=O)C3CC3)ncc2c1. The number of carbonyl (C=O) groups is 1. The van der Waals surface area contributed by atoms with Gasteiger partial charge in [0.2, 0.25) is 5.91 Å². The van der Waals surface area contributed by atoms with Crippen LogP contribution in [0.2, 0.25) is 0 Å². The van der Waals surface area contributed by atoms with Crippen molar-refractivity contribution >= 4 is 22.5 Å². The van der Waals surface area contributed by atoms with Crippen LogP contribution in [0.4, 0.5) is 5.82 Å². The van der Waals surface area contributed by atoms with Crippen molar-refractivity contribution in [1.82, 2.24) is 4.98 Å². The molecule has 1 aliphatic carbocycles. The summed E-state index contributed by atoms with van der Waals surface area (Å²) < 4.78 is 0. The summed E-state index contributed by atoms with van der Waals surface area (Å²) in [6, 6.07) is 14.2. The van der Waals surface area contributed by atoms with Gasteiger partial charge in [0.05, 0.1) is 5.60 Å². The number of nitrogens with one attached hydrogen (secondary N) is 1. The molecule has 1 aliphatic rings. The number of anilines is 1. The quantitative estimate of drug-likeness (QED) is 0.703. The first-order chi connectivity index (χ1) is 12.8. The molecule has 2 aromatic carbocycles. The van der Waals surface area contributed by atoms with Gasteiger partial charge in [-0.05, 0) is 79.5 Å². The van der Waals surface area contributed by atoms with E-state index in [1.54, 1.807) is 20.0 Å². The van der Waals surface area contributed by atoms with Crippen molar-refractivity contribution in [1.29, 1.82) is 0 Å². The van der Waals surface area contributed by atoms with Crippen molar-refractivity contribution in [3.05, 3.63) is 59.8 Å². The van der Waals surface area contributed by atoms with Gasteiger partial charge in [-0.15, -0.1) is 0 Å². The monoisotopic (exact) mass is 360 g/mol. The zero-order valence-electron chi connectivity index (χ0n) is 15.9. The number of carbonyl (C=O) groups excluding carboxylic acids is 1. The minimum atomic E-state index is -0.879. The zero-order chi connectivity index (χ0) is 19.2. The number of aromatic nitrogens is 1. The third-order valence-electron chi connectivity index (χ3n) is 5.18. The van der Waals surface area contributed by atoms with E-state index in [1.807, 2.05) is 24.3 Å². The van der Waals surface area contributed by atoms with E-state index >= 15 is 0 Å². The number of benzene rings is 2. The molecule has 4 rings (SSSR count). The van der Waals surface area contributed by atoms with E-state index in [4.69, 9.17) is 0 Å². The Hall–Kier alpha value is -2.72. The van der Waals surface area contributed by atoms with Crippen molar-refractivity contribution < 1.29 is 9.90 Å². The van der Waals surface area contributed by atoms with Gasteiger partial charge in [0.15, 0.2) is 0 Å². The normalized spacial score (nSPS) is 14.4. The third kappa shape index (κ3) is 3.71. The van der Waals surface area contributed by atoms with E-state index in [0.29, 0.717) is 5.82 Å². The molecule has 27 heavy (non-hydrogen) atoms. The molecule has 138 valence electrons. The molecule has 1 aromatic heterocycles. The number of fused-ring (bicyclic) bond motifs is 1. The molecule has 0 bridgehead atoms. The fraction of sp³-hybridized carbons (Fsp3) is 0.304. The molecule has 1 fully saturated rings. The summed E-state index contributed by atoms with van der Waals surface area (Å²) in [7, 11) is 0. The molecule has 0 atom stereocenters. The standard InChI is InChI=1S/C23H24N2O2/c1-14-4-9-19(23(2,3)27)12-20(14)17-8-7-16-11-21(24-13-18(16)10-17)25-22(26)15-5-6-15/h4,7-13,15,27H,5-6H2,1-3H3,(H,24,25,26). The van der Waals surface area contributed by atoms with Gasteiger partial charge in [0, 0.05) is 17.5 Å². The van der Waals surface area contributed by atoms with Crippen LogP contribution in [-0.2, 0) is 10.4 Å².